The Morgan fingerprint density at radius 2 is 2.28 bits per heavy atom. The number of thiophene rings is 1. The predicted octanol–water partition coefficient (Wildman–Crippen LogP) is 2.38. The molecule has 0 aliphatic heterocycles. The molecule has 0 spiro atoms. The maximum Gasteiger partial charge on any atom is 0.329 e. The summed E-state index contributed by atoms with van der Waals surface area (Å²) in [6, 6.07) is 1.95. The highest BCUT2D eigenvalue weighted by Crippen LogP contribution is 2.24. The molecule has 0 aromatic carbocycles. The quantitative estimate of drug-likeness (QED) is 0.919. The first-order chi connectivity index (χ1) is 8.46. The minimum absolute atomic E-state index is 0.458. The molecule has 1 N–H and O–H groups in total. The van der Waals surface area contributed by atoms with Crippen molar-refractivity contribution in [2.75, 3.05) is 11.4 Å². The molecule has 6 heteroatoms. The van der Waals surface area contributed by atoms with E-state index < -0.39 is 11.5 Å². The van der Waals surface area contributed by atoms with Crippen molar-refractivity contribution in [2.24, 2.45) is 0 Å². The van der Waals surface area contributed by atoms with Crippen LogP contribution in [0.15, 0.2) is 17.6 Å². The second-order valence-corrected chi connectivity index (χ2v) is 5.35. The Kier molecular flexibility index (Phi) is 3.21. The Morgan fingerprint density at radius 3 is 2.89 bits per heavy atom. The van der Waals surface area contributed by atoms with Gasteiger partial charge in [-0.05, 0) is 32.2 Å². The van der Waals surface area contributed by atoms with E-state index in [9.17, 15) is 9.90 Å². The zero-order chi connectivity index (χ0) is 13.3. The number of fused-ring (bicyclic) bond motifs is 1. The van der Waals surface area contributed by atoms with Gasteiger partial charge in [-0.15, -0.1) is 11.3 Å². The second-order valence-electron chi connectivity index (χ2n) is 4.46. The molecule has 2 aromatic rings. The first-order valence-electron chi connectivity index (χ1n) is 5.68. The van der Waals surface area contributed by atoms with Gasteiger partial charge in [-0.25, -0.2) is 14.8 Å². The maximum atomic E-state index is 11.3. The summed E-state index contributed by atoms with van der Waals surface area (Å²) in [5, 5.41) is 12.2. The number of hydrogen-bond acceptors (Lipinski definition) is 5. The molecule has 2 rings (SSSR count). The Hall–Kier alpha value is -1.69. The summed E-state index contributed by atoms with van der Waals surface area (Å²) < 4.78 is 0. The molecule has 18 heavy (non-hydrogen) atoms. The third-order valence-corrected chi connectivity index (χ3v) is 3.77. The molecule has 0 bridgehead atoms. The monoisotopic (exact) mass is 265 g/mol. The number of carbonyl (C=O) groups is 1. The van der Waals surface area contributed by atoms with Gasteiger partial charge in [0.1, 0.15) is 10.4 Å². The Balaban J connectivity index is 2.46. The van der Waals surface area contributed by atoms with Gasteiger partial charge in [0.15, 0.2) is 0 Å². The summed E-state index contributed by atoms with van der Waals surface area (Å²) in [6.45, 7) is 5.74. The lowest BCUT2D eigenvalue weighted by Gasteiger charge is -2.34. The van der Waals surface area contributed by atoms with Crippen LogP contribution in [0, 0.1) is 0 Å². The Bertz CT molecular complexity index is 579. The van der Waals surface area contributed by atoms with E-state index in [4.69, 9.17) is 0 Å². The molecule has 0 saturated carbocycles. The van der Waals surface area contributed by atoms with Crippen molar-refractivity contribution in [3.05, 3.63) is 17.6 Å². The van der Waals surface area contributed by atoms with Crippen molar-refractivity contribution in [2.45, 2.75) is 26.3 Å². The number of nitrogens with zero attached hydrogens (tertiary/aromatic N) is 3. The molecule has 5 nitrogen and oxygen atoms in total. The van der Waals surface area contributed by atoms with Crippen LogP contribution in [0.1, 0.15) is 20.8 Å². The van der Waals surface area contributed by atoms with E-state index in [1.54, 1.807) is 24.9 Å². The molecule has 0 aliphatic rings. The van der Waals surface area contributed by atoms with Gasteiger partial charge in [-0.3, -0.25) is 0 Å². The summed E-state index contributed by atoms with van der Waals surface area (Å²) in [7, 11) is 0. The van der Waals surface area contributed by atoms with Crippen LogP contribution in [0.4, 0.5) is 5.95 Å². The standard InChI is InChI=1S/C12H15N3O2S/c1-4-15(12(2,3)10(16)17)11-13-7-8-5-6-18-9(8)14-11/h5-7H,4H2,1-3H3,(H,16,17). The molecule has 2 heterocycles. The van der Waals surface area contributed by atoms with Crippen molar-refractivity contribution in [1.29, 1.82) is 0 Å². The summed E-state index contributed by atoms with van der Waals surface area (Å²) in [5.41, 5.74) is -1.03. The summed E-state index contributed by atoms with van der Waals surface area (Å²) >= 11 is 1.52. The van der Waals surface area contributed by atoms with Crippen LogP contribution in [-0.2, 0) is 4.79 Å². The van der Waals surface area contributed by atoms with Crippen LogP contribution in [0.2, 0.25) is 0 Å². The van der Waals surface area contributed by atoms with E-state index >= 15 is 0 Å². The van der Waals surface area contributed by atoms with Crippen molar-refractivity contribution in [3.63, 3.8) is 0 Å². The van der Waals surface area contributed by atoms with Crippen molar-refractivity contribution in [3.8, 4) is 0 Å². The van der Waals surface area contributed by atoms with Crippen LogP contribution < -0.4 is 4.90 Å². The molecule has 0 fully saturated rings. The number of anilines is 1. The van der Waals surface area contributed by atoms with Crippen molar-refractivity contribution in [1.82, 2.24) is 9.97 Å². The molecule has 0 radical (unpaired) electrons. The van der Waals surface area contributed by atoms with E-state index in [1.165, 1.54) is 11.3 Å². The number of aliphatic carboxylic acids is 1. The predicted molar refractivity (Wildman–Crippen MR) is 72.1 cm³/mol. The fourth-order valence-corrected chi connectivity index (χ4v) is 2.51. The highest BCUT2D eigenvalue weighted by Gasteiger charge is 2.35. The Morgan fingerprint density at radius 1 is 1.56 bits per heavy atom. The molecule has 0 saturated heterocycles. The second kappa shape index (κ2) is 4.53. The molecule has 96 valence electrons. The van der Waals surface area contributed by atoms with Crippen LogP contribution in [0.5, 0.6) is 0 Å². The number of likely N-dealkylation sites (N-methyl/N-ethyl adjacent to an activating group) is 1. The van der Waals surface area contributed by atoms with E-state index in [0.717, 1.165) is 10.2 Å². The third kappa shape index (κ3) is 2.03. The smallest absolute Gasteiger partial charge is 0.329 e. The SMILES string of the molecule is CCN(c1ncc2ccsc2n1)C(C)(C)C(=O)O. The molecule has 0 aliphatic carbocycles. The average molecular weight is 265 g/mol. The zero-order valence-electron chi connectivity index (χ0n) is 10.5. The van der Waals surface area contributed by atoms with Gasteiger partial charge in [0.25, 0.3) is 0 Å². The highest BCUT2D eigenvalue weighted by molar-refractivity contribution is 7.16. The van der Waals surface area contributed by atoms with E-state index in [2.05, 4.69) is 9.97 Å². The summed E-state index contributed by atoms with van der Waals surface area (Å²) in [5.74, 6) is -0.431. The molecule has 0 unspecified atom stereocenters. The third-order valence-electron chi connectivity index (χ3n) is 2.95. The Labute approximate surface area is 109 Å². The van der Waals surface area contributed by atoms with Crippen molar-refractivity contribution >= 4 is 33.5 Å². The van der Waals surface area contributed by atoms with Crippen molar-refractivity contribution < 1.29 is 9.90 Å². The normalized spacial score (nSPS) is 11.7. The topological polar surface area (TPSA) is 66.3 Å². The molecule has 0 amide bonds. The number of hydrogen-bond donors (Lipinski definition) is 1. The van der Waals surface area contributed by atoms with Crippen LogP contribution in [0.25, 0.3) is 10.2 Å². The van der Waals surface area contributed by atoms with E-state index in [0.29, 0.717) is 12.5 Å². The molecule has 0 atom stereocenters. The van der Waals surface area contributed by atoms with Gasteiger partial charge in [0.05, 0.1) is 0 Å². The highest BCUT2D eigenvalue weighted by atomic mass is 32.1. The van der Waals surface area contributed by atoms with Crippen LogP contribution in [-0.4, -0.2) is 33.1 Å². The lowest BCUT2D eigenvalue weighted by atomic mass is 10.0. The minimum atomic E-state index is -1.03. The fourth-order valence-electron chi connectivity index (χ4n) is 1.78. The van der Waals surface area contributed by atoms with Gasteiger partial charge in [0.2, 0.25) is 5.95 Å². The lowest BCUT2D eigenvalue weighted by molar-refractivity contribution is -0.142. The molecule has 2 aromatic heterocycles. The van der Waals surface area contributed by atoms with E-state index in [1.807, 2.05) is 18.4 Å². The van der Waals surface area contributed by atoms with Gasteiger partial charge in [0, 0.05) is 18.1 Å². The van der Waals surface area contributed by atoms with Gasteiger partial charge in [-0.2, -0.15) is 0 Å². The van der Waals surface area contributed by atoms with E-state index in [-0.39, 0.29) is 0 Å². The average Bonchev–Trinajstić information content (AvgIpc) is 2.76. The number of aromatic nitrogens is 2. The van der Waals surface area contributed by atoms with Gasteiger partial charge in [-0.1, -0.05) is 0 Å². The summed E-state index contributed by atoms with van der Waals surface area (Å²) in [6.07, 6.45) is 1.73. The molecular formula is C12H15N3O2S. The maximum absolute atomic E-state index is 11.3. The van der Waals surface area contributed by atoms with Crippen LogP contribution in [0.3, 0.4) is 0 Å². The minimum Gasteiger partial charge on any atom is -0.480 e. The van der Waals surface area contributed by atoms with Gasteiger partial charge < -0.3 is 10.0 Å². The first-order valence-corrected chi connectivity index (χ1v) is 6.56. The van der Waals surface area contributed by atoms with Gasteiger partial charge >= 0.3 is 5.97 Å². The number of carboxylic acid groups (broad SMARTS) is 1. The first kappa shape index (κ1) is 12.8. The molecular weight excluding hydrogens is 250 g/mol. The fraction of sp³-hybridized carbons (Fsp3) is 0.417. The van der Waals surface area contributed by atoms with Crippen LogP contribution >= 0.6 is 11.3 Å². The largest absolute Gasteiger partial charge is 0.480 e. The zero-order valence-corrected chi connectivity index (χ0v) is 11.4. The summed E-state index contributed by atoms with van der Waals surface area (Å²) in [4.78, 5) is 22.6. The lowest BCUT2D eigenvalue weighted by Crippen LogP contribution is -2.51. The number of carboxylic acids is 1. The number of rotatable bonds is 4.